The molecule has 0 amide bonds. The fourth-order valence-corrected chi connectivity index (χ4v) is 2.51. The van der Waals surface area contributed by atoms with Crippen molar-refractivity contribution in [2.24, 2.45) is 0 Å². The second kappa shape index (κ2) is 4.85. The van der Waals surface area contributed by atoms with Gasteiger partial charge in [0.15, 0.2) is 0 Å². The number of nitrogen functional groups attached to an aromatic ring is 1. The van der Waals surface area contributed by atoms with Crippen LogP contribution in [0.4, 0.5) is 21.5 Å². The molecule has 0 fully saturated rings. The summed E-state index contributed by atoms with van der Waals surface area (Å²) in [6.07, 6.45) is 0. The zero-order chi connectivity index (χ0) is 14.1. The molecule has 0 aliphatic carbocycles. The number of rotatable bonds is 2. The summed E-state index contributed by atoms with van der Waals surface area (Å²) in [4.78, 5) is 1.80. The Balaban J connectivity index is 2.21. The molecule has 0 spiro atoms. The number of benzene rings is 3. The average Bonchev–Trinajstić information content (AvgIpc) is 2.46. The van der Waals surface area contributed by atoms with Crippen LogP contribution in [-0.2, 0) is 0 Å². The Kier molecular flexibility index (Phi) is 3.03. The maximum absolute atomic E-state index is 14.1. The molecule has 3 heteroatoms. The summed E-state index contributed by atoms with van der Waals surface area (Å²) in [6.45, 7) is 0. The molecule has 0 saturated heterocycles. The highest BCUT2D eigenvalue weighted by Gasteiger charge is 2.14. The molecule has 20 heavy (non-hydrogen) atoms. The molecule has 0 aliphatic rings. The number of hydrogen-bond donors (Lipinski definition) is 1. The van der Waals surface area contributed by atoms with Gasteiger partial charge in [-0.25, -0.2) is 4.39 Å². The van der Waals surface area contributed by atoms with Crippen LogP contribution in [-0.4, -0.2) is 7.05 Å². The molecule has 0 saturated carbocycles. The van der Waals surface area contributed by atoms with E-state index < -0.39 is 0 Å². The molecular weight excluding hydrogens is 251 g/mol. The predicted octanol–water partition coefficient (Wildman–Crippen LogP) is 4.33. The summed E-state index contributed by atoms with van der Waals surface area (Å²) in [5.41, 5.74) is 7.69. The SMILES string of the molecule is CN(c1c(N)cccc1F)c1cccc2ccccc12. The Morgan fingerprint density at radius 1 is 0.900 bits per heavy atom. The fraction of sp³-hybridized carbons (Fsp3) is 0.0588. The fourth-order valence-electron chi connectivity index (χ4n) is 2.51. The Morgan fingerprint density at radius 2 is 1.60 bits per heavy atom. The van der Waals surface area contributed by atoms with Crippen molar-refractivity contribution in [2.75, 3.05) is 17.7 Å². The van der Waals surface area contributed by atoms with E-state index in [4.69, 9.17) is 5.73 Å². The van der Waals surface area contributed by atoms with Gasteiger partial charge < -0.3 is 10.6 Å². The summed E-state index contributed by atoms with van der Waals surface area (Å²) >= 11 is 0. The molecule has 0 bridgehead atoms. The van der Waals surface area contributed by atoms with Crippen LogP contribution in [0.3, 0.4) is 0 Å². The van der Waals surface area contributed by atoms with E-state index in [0.717, 1.165) is 16.5 Å². The van der Waals surface area contributed by atoms with Crippen LogP contribution in [0, 0.1) is 5.82 Å². The number of para-hydroxylation sites is 1. The van der Waals surface area contributed by atoms with Gasteiger partial charge in [-0.05, 0) is 23.6 Å². The Bertz CT molecular complexity index is 742. The minimum atomic E-state index is -0.319. The summed E-state index contributed by atoms with van der Waals surface area (Å²) in [7, 11) is 1.83. The van der Waals surface area contributed by atoms with Crippen LogP contribution < -0.4 is 10.6 Å². The second-order valence-corrected chi connectivity index (χ2v) is 4.73. The maximum atomic E-state index is 14.1. The molecule has 0 aliphatic heterocycles. The third-order valence-corrected chi connectivity index (χ3v) is 3.48. The first-order chi connectivity index (χ1) is 9.68. The number of nitrogens with zero attached hydrogens (tertiary/aromatic N) is 1. The lowest BCUT2D eigenvalue weighted by atomic mass is 10.1. The number of halogens is 1. The van der Waals surface area contributed by atoms with Crippen molar-refractivity contribution in [3.63, 3.8) is 0 Å². The summed E-state index contributed by atoms with van der Waals surface area (Å²) in [5, 5.41) is 2.19. The van der Waals surface area contributed by atoms with Gasteiger partial charge in [0.2, 0.25) is 0 Å². The molecule has 0 unspecified atom stereocenters. The van der Waals surface area contributed by atoms with Crippen molar-refractivity contribution in [2.45, 2.75) is 0 Å². The highest BCUT2D eigenvalue weighted by atomic mass is 19.1. The van der Waals surface area contributed by atoms with Gasteiger partial charge in [0, 0.05) is 18.1 Å². The minimum Gasteiger partial charge on any atom is -0.397 e. The predicted molar refractivity (Wildman–Crippen MR) is 82.8 cm³/mol. The zero-order valence-corrected chi connectivity index (χ0v) is 11.2. The van der Waals surface area contributed by atoms with E-state index in [1.807, 2.05) is 49.5 Å². The van der Waals surface area contributed by atoms with Gasteiger partial charge in [-0.15, -0.1) is 0 Å². The number of anilines is 3. The maximum Gasteiger partial charge on any atom is 0.148 e. The molecule has 3 rings (SSSR count). The van der Waals surface area contributed by atoms with Crippen molar-refractivity contribution in [3.05, 3.63) is 66.5 Å². The topological polar surface area (TPSA) is 29.3 Å². The van der Waals surface area contributed by atoms with Gasteiger partial charge in [0.25, 0.3) is 0 Å². The first kappa shape index (κ1) is 12.5. The van der Waals surface area contributed by atoms with E-state index >= 15 is 0 Å². The van der Waals surface area contributed by atoms with Crippen LogP contribution in [0.1, 0.15) is 0 Å². The van der Waals surface area contributed by atoms with Gasteiger partial charge in [-0.2, -0.15) is 0 Å². The lowest BCUT2D eigenvalue weighted by Gasteiger charge is -2.23. The quantitative estimate of drug-likeness (QED) is 0.699. The van der Waals surface area contributed by atoms with Crippen molar-refractivity contribution in [1.29, 1.82) is 0 Å². The molecule has 100 valence electrons. The van der Waals surface area contributed by atoms with Crippen LogP contribution >= 0.6 is 0 Å². The number of hydrogen-bond acceptors (Lipinski definition) is 2. The van der Waals surface area contributed by atoms with Crippen LogP contribution in [0.25, 0.3) is 10.8 Å². The van der Waals surface area contributed by atoms with Crippen LogP contribution in [0.15, 0.2) is 60.7 Å². The summed E-state index contributed by atoms with van der Waals surface area (Å²) in [5.74, 6) is -0.319. The van der Waals surface area contributed by atoms with Crippen molar-refractivity contribution < 1.29 is 4.39 Å². The van der Waals surface area contributed by atoms with Crippen LogP contribution in [0.2, 0.25) is 0 Å². The van der Waals surface area contributed by atoms with Gasteiger partial charge in [0.05, 0.1) is 5.69 Å². The lowest BCUT2D eigenvalue weighted by Crippen LogP contribution is -2.13. The third kappa shape index (κ3) is 1.97. The zero-order valence-electron chi connectivity index (χ0n) is 11.2. The van der Waals surface area contributed by atoms with Crippen LogP contribution in [0.5, 0.6) is 0 Å². The normalized spacial score (nSPS) is 10.7. The second-order valence-electron chi connectivity index (χ2n) is 4.73. The highest BCUT2D eigenvalue weighted by Crippen LogP contribution is 2.35. The van der Waals surface area contributed by atoms with E-state index in [1.165, 1.54) is 6.07 Å². The standard InChI is InChI=1S/C17H15FN2/c1-20(17-14(18)9-5-10-15(17)19)16-11-4-7-12-6-2-3-8-13(12)16/h2-11H,19H2,1H3. The Labute approximate surface area is 117 Å². The average molecular weight is 266 g/mol. The van der Waals surface area contributed by atoms with Gasteiger partial charge in [-0.3, -0.25) is 0 Å². The largest absolute Gasteiger partial charge is 0.397 e. The van der Waals surface area contributed by atoms with E-state index in [-0.39, 0.29) is 5.82 Å². The van der Waals surface area contributed by atoms with Crippen molar-refractivity contribution in [3.8, 4) is 0 Å². The first-order valence-corrected chi connectivity index (χ1v) is 6.44. The highest BCUT2D eigenvalue weighted by molar-refractivity contribution is 5.96. The third-order valence-electron chi connectivity index (χ3n) is 3.48. The van der Waals surface area contributed by atoms with E-state index in [9.17, 15) is 4.39 Å². The molecule has 0 atom stereocenters. The molecule has 3 aromatic rings. The summed E-state index contributed by atoms with van der Waals surface area (Å²) < 4.78 is 14.1. The van der Waals surface area contributed by atoms with E-state index in [1.54, 1.807) is 17.0 Å². The molecule has 2 nitrogen and oxygen atoms in total. The molecule has 0 aromatic heterocycles. The van der Waals surface area contributed by atoms with Gasteiger partial charge >= 0.3 is 0 Å². The minimum absolute atomic E-state index is 0.319. The van der Waals surface area contributed by atoms with E-state index in [0.29, 0.717) is 11.4 Å². The monoisotopic (exact) mass is 266 g/mol. The first-order valence-electron chi connectivity index (χ1n) is 6.44. The molecular formula is C17H15FN2. The lowest BCUT2D eigenvalue weighted by molar-refractivity contribution is 0.628. The molecule has 2 N–H and O–H groups in total. The van der Waals surface area contributed by atoms with Crippen molar-refractivity contribution in [1.82, 2.24) is 0 Å². The summed E-state index contributed by atoms with van der Waals surface area (Å²) in [6, 6.07) is 18.7. The Morgan fingerprint density at radius 3 is 2.40 bits per heavy atom. The smallest absolute Gasteiger partial charge is 0.148 e. The molecule has 3 aromatic carbocycles. The van der Waals surface area contributed by atoms with Crippen molar-refractivity contribution >= 4 is 27.8 Å². The number of fused-ring (bicyclic) bond motifs is 1. The molecule has 0 heterocycles. The Hall–Kier alpha value is -2.55. The van der Waals surface area contributed by atoms with Gasteiger partial charge in [-0.1, -0.05) is 42.5 Å². The van der Waals surface area contributed by atoms with Gasteiger partial charge in [0.1, 0.15) is 11.5 Å². The molecule has 0 radical (unpaired) electrons. The van der Waals surface area contributed by atoms with E-state index in [2.05, 4.69) is 0 Å². The number of nitrogens with two attached hydrogens (primary N) is 1.